The third-order valence-corrected chi connectivity index (χ3v) is 3.11. The molecule has 2 nitrogen and oxygen atoms in total. The maximum atomic E-state index is 5.87. The predicted octanol–water partition coefficient (Wildman–Crippen LogP) is 3.74. The van der Waals surface area contributed by atoms with Gasteiger partial charge in [-0.2, -0.15) is 0 Å². The fraction of sp³-hybridized carbons (Fsp3) is 0.286. The normalized spacial score (nSPS) is 12.6. The molecule has 1 aromatic heterocycles. The van der Waals surface area contributed by atoms with Crippen molar-refractivity contribution in [2.45, 2.75) is 19.4 Å². The number of halogens is 1. The molecule has 1 heterocycles. The minimum Gasteiger partial charge on any atom is -0.469 e. The molecule has 0 aliphatic heterocycles. The smallest absolute Gasteiger partial charge is 0.101 e. The number of hydrogen-bond acceptors (Lipinski definition) is 2. The van der Waals surface area contributed by atoms with Crippen molar-refractivity contribution in [1.29, 1.82) is 0 Å². The van der Waals surface area contributed by atoms with E-state index in [1.54, 1.807) is 0 Å². The van der Waals surface area contributed by atoms with E-state index in [9.17, 15) is 0 Å². The molecule has 1 atom stereocenters. The molecule has 90 valence electrons. The SMILES string of the molecule is CNC(Cc1ccc(Cl)cc1)c1coc(C)c1. The lowest BCUT2D eigenvalue weighted by Crippen LogP contribution is -2.18. The highest BCUT2D eigenvalue weighted by molar-refractivity contribution is 6.30. The van der Waals surface area contributed by atoms with Gasteiger partial charge in [-0.3, -0.25) is 0 Å². The Labute approximate surface area is 107 Å². The Morgan fingerprint density at radius 3 is 2.53 bits per heavy atom. The van der Waals surface area contributed by atoms with Gasteiger partial charge in [0, 0.05) is 16.6 Å². The summed E-state index contributed by atoms with van der Waals surface area (Å²) in [4.78, 5) is 0. The average Bonchev–Trinajstić information content (AvgIpc) is 2.75. The Kier molecular flexibility index (Phi) is 3.87. The Hall–Kier alpha value is -1.25. The van der Waals surface area contributed by atoms with Crippen LogP contribution in [0.15, 0.2) is 41.0 Å². The highest BCUT2D eigenvalue weighted by Gasteiger charge is 2.12. The number of rotatable bonds is 4. The minimum atomic E-state index is 0.272. The lowest BCUT2D eigenvalue weighted by atomic mass is 10.0. The van der Waals surface area contributed by atoms with Crippen molar-refractivity contribution in [2.24, 2.45) is 0 Å². The van der Waals surface area contributed by atoms with Gasteiger partial charge in [-0.1, -0.05) is 23.7 Å². The van der Waals surface area contributed by atoms with Gasteiger partial charge >= 0.3 is 0 Å². The van der Waals surface area contributed by atoms with Crippen molar-refractivity contribution in [3.05, 3.63) is 58.5 Å². The molecule has 0 aliphatic rings. The fourth-order valence-corrected chi connectivity index (χ4v) is 2.02. The summed E-state index contributed by atoms with van der Waals surface area (Å²) in [6.07, 6.45) is 2.74. The summed E-state index contributed by atoms with van der Waals surface area (Å²) in [7, 11) is 1.96. The summed E-state index contributed by atoms with van der Waals surface area (Å²) in [5.41, 5.74) is 2.44. The maximum absolute atomic E-state index is 5.87. The maximum Gasteiger partial charge on any atom is 0.101 e. The first kappa shape index (κ1) is 12.2. The van der Waals surface area contributed by atoms with E-state index in [2.05, 4.69) is 23.5 Å². The van der Waals surface area contributed by atoms with Crippen LogP contribution in [-0.4, -0.2) is 7.05 Å². The zero-order chi connectivity index (χ0) is 12.3. The largest absolute Gasteiger partial charge is 0.469 e. The molecule has 2 rings (SSSR count). The monoisotopic (exact) mass is 249 g/mol. The Bertz CT molecular complexity index is 475. The average molecular weight is 250 g/mol. The third-order valence-electron chi connectivity index (χ3n) is 2.85. The molecule has 17 heavy (non-hydrogen) atoms. The van der Waals surface area contributed by atoms with Crippen molar-refractivity contribution < 1.29 is 4.42 Å². The summed E-state index contributed by atoms with van der Waals surface area (Å²) >= 11 is 5.87. The molecule has 0 saturated carbocycles. The molecule has 0 bridgehead atoms. The molecule has 3 heteroatoms. The van der Waals surface area contributed by atoms with Crippen LogP contribution in [0.2, 0.25) is 5.02 Å². The van der Waals surface area contributed by atoms with Crippen LogP contribution >= 0.6 is 11.6 Å². The first-order valence-electron chi connectivity index (χ1n) is 5.66. The highest BCUT2D eigenvalue weighted by Crippen LogP contribution is 2.21. The molecule has 0 amide bonds. The van der Waals surface area contributed by atoms with Gasteiger partial charge in [0.1, 0.15) is 5.76 Å². The summed E-state index contributed by atoms with van der Waals surface area (Å²) in [5.74, 6) is 0.941. The highest BCUT2D eigenvalue weighted by atomic mass is 35.5. The number of hydrogen-bond donors (Lipinski definition) is 1. The Morgan fingerprint density at radius 2 is 2.00 bits per heavy atom. The number of likely N-dealkylation sites (N-methyl/N-ethyl adjacent to an activating group) is 1. The van der Waals surface area contributed by atoms with Crippen LogP contribution in [-0.2, 0) is 6.42 Å². The summed E-state index contributed by atoms with van der Waals surface area (Å²) < 4.78 is 5.34. The molecule has 0 aliphatic carbocycles. The van der Waals surface area contributed by atoms with Crippen LogP contribution in [0, 0.1) is 6.92 Å². The van der Waals surface area contributed by atoms with Gasteiger partial charge in [-0.25, -0.2) is 0 Å². The summed E-state index contributed by atoms with van der Waals surface area (Å²) in [6, 6.07) is 10.3. The topological polar surface area (TPSA) is 25.2 Å². The van der Waals surface area contributed by atoms with Crippen molar-refractivity contribution in [3.63, 3.8) is 0 Å². The van der Waals surface area contributed by atoms with E-state index in [-0.39, 0.29) is 6.04 Å². The second kappa shape index (κ2) is 5.39. The van der Waals surface area contributed by atoms with E-state index in [1.165, 1.54) is 11.1 Å². The summed E-state index contributed by atoms with van der Waals surface area (Å²) in [5, 5.41) is 4.07. The van der Waals surface area contributed by atoms with Crippen LogP contribution < -0.4 is 5.32 Å². The van der Waals surface area contributed by atoms with Gasteiger partial charge in [-0.15, -0.1) is 0 Å². The second-order valence-electron chi connectivity index (χ2n) is 4.16. The minimum absolute atomic E-state index is 0.272. The molecule has 1 unspecified atom stereocenters. The van der Waals surface area contributed by atoms with Crippen LogP contribution in [0.5, 0.6) is 0 Å². The van der Waals surface area contributed by atoms with Crippen molar-refractivity contribution in [3.8, 4) is 0 Å². The molecule has 0 radical (unpaired) electrons. The van der Waals surface area contributed by atoms with E-state index in [0.29, 0.717) is 0 Å². The lowest BCUT2D eigenvalue weighted by Gasteiger charge is -2.14. The quantitative estimate of drug-likeness (QED) is 0.893. The third kappa shape index (κ3) is 3.11. The Morgan fingerprint density at radius 1 is 1.29 bits per heavy atom. The number of aryl methyl sites for hydroxylation is 1. The Balaban J connectivity index is 2.12. The molecular formula is C14H16ClNO. The summed E-state index contributed by atoms with van der Waals surface area (Å²) in [6.45, 7) is 1.96. The van der Waals surface area contributed by atoms with Crippen molar-refractivity contribution in [2.75, 3.05) is 7.05 Å². The molecule has 1 N–H and O–H groups in total. The van der Waals surface area contributed by atoms with Crippen molar-refractivity contribution >= 4 is 11.6 Å². The van der Waals surface area contributed by atoms with Crippen LogP contribution in [0.3, 0.4) is 0 Å². The van der Waals surface area contributed by atoms with E-state index in [1.807, 2.05) is 32.4 Å². The first-order valence-corrected chi connectivity index (χ1v) is 6.03. The van der Waals surface area contributed by atoms with Gasteiger partial charge in [-0.05, 0) is 44.2 Å². The van der Waals surface area contributed by atoms with Crippen LogP contribution in [0.25, 0.3) is 0 Å². The molecule has 0 spiro atoms. The van der Waals surface area contributed by atoms with E-state index < -0.39 is 0 Å². The number of benzene rings is 1. The van der Waals surface area contributed by atoms with Gasteiger partial charge in [0.25, 0.3) is 0 Å². The zero-order valence-electron chi connectivity index (χ0n) is 10.0. The molecular weight excluding hydrogens is 234 g/mol. The van der Waals surface area contributed by atoms with Crippen molar-refractivity contribution in [1.82, 2.24) is 5.32 Å². The molecule has 0 saturated heterocycles. The predicted molar refractivity (Wildman–Crippen MR) is 70.4 cm³/mol. The fourth-order valence-electron chi connectivity index (χ4n) is 1.89. The zero-order valence-corrected chi connectivity index (χ0v) is 10.8. The van der Waals surface area contributed by atoms with Gasteiger partial charge in [0.15, 0.2) is 0 Å². The van der Waals surface area contributed by atoms with Gasteiger partial charge in [0.2, 0.25) is 0 Å². The molecule has 2 aromatic rings. The molecule has 1 aromatic carbocycles. The van der Waals surface area contributed by atoms with Crippen LogP contribution in [0.4, 0.5) is 0 Å². The van der Waals surface area contributed by atoms with E-state index in [4.69, 9.17) is 16.0 Å². The van der Waals surface area contributed by atoms with E-state index in [0.717, 1.165) is 17.2 Å². The van der Waals surface area contributed by atoms with Gasteiger partial charge in [0.05, 0.1) is 6.26 Å². The standard InChI is InChI=1S/C14H16ClNO/c1-10-7-12(9-17-10)14(16-2)8-11-3-5-13(15)6-4-11/h3-7,9,14,16H,8H2,1-2H3. The number of nitrogens with one attached hydrogen (secondary N) is 1. The van der Waals surface area contributed by atoms with Gasteiger partial charge < -0.3 is 9.73 Å². The molecule has 0 fully saturated rings. The lowest BCUT2D eigenvalue weighted by molar-refractivity contribution is 0.520. The second-order valence-corrected chi connectivity index (χ2v) is 4.60. The van der Waals surface area contributed by atoms with Crippen LogP contribution in [0.1, 0.15) is 22.9 Å². The van der Waals surface area contributed by atoms with E-state index >= 15 is 0 Å². The number of furan rings is 1. The first-order chi connectivity index (χ1) is 8.19.